The highest BCUT2D eigenvalue weighted by molar-refractivity contribution is 7.99. The first-order chi connectivity index (χ1) is 9.11. The van der Waals surface area contributed by atoms with E-state index in [4.69, 9.17) is 5.73 Å². The molecule has 0 aliphatic heterocycles. The maximum Gasteiger partial charge on any atom is 0.0589 e. The summed E-state index contributed by atoms with van der Waals surface area (Å²) in [5.41, 5.74) is 9.00. The van der Waals surface area contributed by atoms with Crippen LogP contribution in [-0.2, 0) is 0 Å². The molecular formula is C16H21NS2. The molecule has 102 valence electrons. The van der Waals surface area contributed by atoms with Gasteiger partial charge in [-0.1, -0.05) is 19.1 Å². The zero-order valence-corrected chi connectivity index (χ0v) is 13.4. The van der Waals surface area contributed by atoms with Crippen molar-refractivity contribution in [1.82, 2.24) is 0 Å². The van der Waals surface area contributed by atoms with Crippen molar-refractivity contribution >= 4 is 23.1 Å². The van der Waals surface area contributed by atoms with E-state index in [2.05, 4.69) is 56.5 Å². The summed E-state index contributed by atoms with van der Waals surface area (Å²) in [6, 6.07) is 11.2. The van der Waals surface area contributed by atoms with Gasteiger partial charge in [0.1, 0.15) is 0 Å². The Hall–Kier alpha value is -0.770. The molecule has 0 fully saturated rings. The molecule has 2 atom stereocenters. The lowest BCUT2D eigenvalue weighted by Gasteiger charge is -2.21. The van der Waals surface area contributed by atoms with Crippen LogP contribution in [0.25, 0.3) is 0 Å². The fourth-order valence-electron chi connectivity index (χ4n) is 1.96. The van der Waals surface area contributed by atoms with Gasteiger partial charge in [-0.25, -0.2) is 0 Å². The molecule has 3 heteroatoms. The van der Waals surface area contributed by atoms with Crippen LogP contribution in [0, 0.1) is 13.8 Å². The van der Waals surface area contributed by atoms with E-state index in [0.29, 0.717) is 5.25 Å². The molecule has 2 aromatic rings. The second-order valence-electron chi connectivity index (χ2n) is 4.87. The Balaban J connectivity index is 2.23. The minimum Gasteiger partial charge on any atom is -0.326 e. The normalized spacial score (nSPS) is 14.3. The predicted octanol–water partition coefficient (Wildman–Crippen LogP) is 4.94. The summed E-state index contributed by atoms with van der Waals surface area (Å²) in [5, 5.41) is 2.48. The highest BCUT2D eigenvalue weighted by Gasteiger charge is 2.20. The van der Waals surface area contributed by atoms with Crippen LogP contribution < -0.4 is 5.73 Å². The minimum atomic E-state index is 0.199. The van der Waals surface area contributed by atoms with Gasteiger partial charge in [0, 0.05) is 15.8 Å². The number of aryl methyl sites for hydroxylation is 2. The molecule has 0 aliphatic rings. The monoisotopic (exact) mass is 291 g/mol. The lowest BCUT2D eigenvalue weighted by Crippen LogP contribution is -2.25. The Morgan fingerprint density at radius 1 is 1.21 bits per heavy atom. The van der Waals surface area contributed by atoms with Gasteiger partial charge in [0.15, 0.2) is 0 Å². The summed E-state index contributed by atoms with van der Waals surface area (Å²) in [6.45, 7) is 6.48. The summed E-state index contributed by atoms with van der Waals surface area (Å²) in [6.07, 6.45) is 1.00. The van der Waals surface area contributed by atoms with Crippen molar-refractivity contribution in [2.24, 2.45) is 5.73 Å². The van der Waals surface area contributed by atoms with Crippen molar-refractivity contribution in [2.45, 2.75) is 43.4 Å². The fourth-order valence-corrected chi connectivity index (χ4v) is 4.30. The van der Waals surface area contributed by atoms with E-state index < -0.39 is 0 Å². The van der Waals surface area contributed by atoms with E-state index in [9.17, 15) is 0 Å². The van der Waals surface area contributed by atoms with E-state index in [1.54, 1.807) is 11.3 Å². The molecule has 0 aliphatic carbocycles. The van der Waals surface area contributed by atoms with Crippen molar-refractivity contribution in [3.63, 3.8) is 0 Å². The van der Waals surface area contributed by atoms with Crippen LogP contribution in [0.15, 0.2) is 40.6 Å². The Bertz CT molecular complexity index is 520. The molecule has 0 amide bonds. The van der Waals surface area contributed by atoms with Crippen LogP contribution in [0.2, 0.25) is 0 Å². The summed E-state index contributed by atoms with van der Waals surface area (Å²) >= 11 is 3.69. The number of hydrogen-bond acceptors (Lipinski definition) is 3. The summed E-state index contributed by atoms with van der Waals surface area (Å²) in [5.74, 6) is 0. The van der Waals surface area contributed by atoms with Gasteiger partial charge < -0.3 is 5.73 Å². The van der Waals surface area contributed by atoms with Crippen LogP contribution in [-0.4, -0.2) is 6.04 Å². The highest BCUT2D eigenvalue weighted by atomic mass is 32.2. The Morgan fingerprint density at radius 2 is 2.00 bits per heavy atom. The van der Waals surface area contributed by atoms with Gasteiger partial charge in [0.2, 0.25) is 0 Å². The zero-order valence-electron chi connectivity index (χ0n) is 11.7. The number of thioether (sulfide) groups is 1. The first-order valence-corrected chi connectivity index (χ1v) is 8.40. The van der Waals surface area contributed by atoms with Gasteiger partial charge >= 0.3 is 0 Å². The molecule has 1 aromatic heterocycles. The SMILES string of the molecule is CCC(N)C(Sc1ccc(C)c(C)c1)c1cccs1. The molecule has 0 saturated carbocycles. The van der Waals surface area contributed by atoms with Crippen LogP contribution >= 0.6 is 23.1 Å². The van der Waals surface area contributed by atoms with Gasteiger partial charge in [-0.2, -0.15) is 0 Å². The van der Waals surface area contributed by atoms with Crippen LogP contribution in [0.1, 0.15) is 34.6 Å². The largest absolute Gasteiger partial charge is 0.326 e. The summed E-state index contributed by atoms with van der Waals surface area (Å²) < 4.78 is 0. The van der Waals surface area contributed by atoms with Gasteiger partial charge in [0.25, 0.3) is 0 Å². The van der Waals surface area contributed by atoms with Crippen LogP contribution in [0.4, 0.5) is 0 Å². The molecule has 0 radical (unpaired) electrons. The van der Waals surface area contributed by atoms with Crippen molar-refractivity contribution in [3.05, 3.63) is 51.7 Å². The third-order valence-electron chi connectivity index (χ3n) is 3.43. The lowest BCUT2D eigenvalue weighted by molar-refractivity contribution is 0.640. The second-order valence-corrected chi connectivity index (χ2v) is 7.07. The molecule has 2 N–H and O–H groups in total. The first-order valence-electron chi connectivity index (χ1n) is 6.64. The standard InChI is InChI=1S/C16H21NS2/c1-4-14(17)16(15-6-5-9-18-15)19-13-8-7-11(2)12(3)10-13/h5-10,14,16H,4,17H2,1-3H3. The molecule has 0 saturated heterocycles. The van der Waals surface area contributed by atoms with Crippen molar-refractivity contribution < 1.29 is 0 Å². The third-order valence-corrected chi connectivity index (χ3v) is 5.91. The average Bonchev–Trinajstić information content (AvgIpc) is 2.93. The Labute approximate surface area is 124 Å². The van der Waals surface area contributed by atoms with E-state index in [-0.39, 0.29) is 6.04 Å². The maximum absolute atomic E-state index is 6.31. The summed E-state index contributed by atoms with van der Waals surface area (Å²) in [4.78, 5) is 2.68. The number of hydrogen-bond donors (Lipinski definition) is 1. The zero-order chi connectivity index (χ0) is 13.8. The fraction of sp³-hybridized carbons (Fsp3) is 0.375. The average molecular weight is 291 g/mol. The number of thiophene rings is 1. The minimum absolute atomic E-state index is 0.199. The smallest absolute Gasteiger partial charge is 0.0589 e. The number of rotatable bonds is 5. The highest BCUT2D eigenvalue weighted by Crippen LogP contribution is 2.40. The molecule has 2 unspecified atom stereocenters. The molecule has 2 rings (SSSR count). The van der Waals surface area contributed by atoms with Crippen LogP contribution in [0.3, 0.4) is 0 Å². The van der Waals surface area contributed by atoms with E-state index in [1.165, 1.54) is 20.9 Å². The Kier molecular flexibility index (Phi) is 5.08. The van der Waals surface area contributed by atoms with Crippen molar-refractivity contribution in [2.75, 3.05) is 0 Å². The predicted molar refractivity (Wildman–Crippen MR) is 87.1 cm³/mol. The van der Waals surface area contributed by atoms with Crippen LogP contribution in [0.5, 0.6) is 0 Å². The van der Waals surface area contributed by atoms with E-state index in [1.807, 2.05) is 11.8 Å². The molecule has 1 nitrogen and oxygen atoms in total. The van der Waals surface area contributed by atoms with Gasteiger partial charge in [-0.3, -0.25) is 0 Å². The maximum atomic E-state index is 6.31. The third kappa shape index (κ3) is 3.62. The summed E-state index contributed by atoms with van der Waals surface area (Å²) in [7, 11) is 0. The number of benzene rings is 1. The number of nitrogens with two attached hydrogens (primary N) is 1. The first kappa shape index (κ1) is 14.6. The van der Waals surface area contributed by atoms with E-state index in [0.717, 1.165) is 6.42 Å². The van der Waals surface area contributed by atoms with Gasteiger partial charge in [-0.05, 0) is 55.0 Å². The molecule has 19 heavy (non-hydrogen) atoms. The van der Waals surface area contributed by atoms with Crippen molar-refractivity contribution in [3.8, 4) is 0 Å². The van der Waals surface area contributed by atoms with Gasteiger partial charge in [0.05, 0.1) is 5.25 Å². The second kappa shape index (κ2) is 6.60. The molecule has 0 spiro atoms. The lowest BCUT2D eigenvalue weighted by atomic mass is 10.1. The molecule has 1 aromatic carbocycles. The molecule has 1 heterocycles. The molecular weight excluding hydrogens is 270 g/mol. The molecule has 0 bridgehead atoms. The quantitative estimate of drug-likeness (QED) is 0.790. The topological polar surface area (TPSA) is 26.0 Å². The van der Waals surface area contributed by atoms with E-state index >= 15 is 0 Å². The Morgan fingerprint density at radius 3 is 2.58 bits per heavy atom. The van der Waals surface area contributed by atoms with Crippen molar-refractivity contribution in [1.29, 1.82) is 0 Å². The van der Waals surface area contributed by atoms with Gasteiger partial charge in [-0.15, -0.1) is 23.1 Å².